The molecule has 0 bridgehead atoms. The van der Waals surface area contributed by atoms with Crippen LogP contribution < -0.4 is 5.32 Å². The molecule has 6 nitrogen and oxygen atoms in total. The maximum Gasteiger partial charge on any atom is 0.263 e. The molecule has 2 aromatic heterocycles. The molecular formula is C15H14ClN5OS. The van der Waals surface area contributed by atoms with Crippen LogP contribution >= 0.6 is 22.9 Å². The molecule has 0 aliphatic heterocycles. The number of nitrogens with zero attached hydrogens (tertiary/aromatic N) is 4. The Bertz CT molecular complexity index is 844. The van der Waals surface area contributed by atoms with Gasteiger partial charge in [0.15, 0.2) is 5.82 Å². The number of halogens is 1. The number of amides is 1. The van der Waals surface area contributed by atoms with Gasteiger partial charge in [-0.1, -0.05) is 29.8 Å². The van der Waals surface area contributed by atoms with E-state index in [2.05, 4.69) is 20.5 Å². The third-order valence-electron chi connectivity index (χ3n) is 3.32. The van der Waals surface area contributed by atoms with E-state index in [1.807, 2.05) is 32.2 Å². The van der Waals surface area contributed by atoms with Crippen LogP contribution in [0.15, 0.2) is 36.8 Å². The standard InChI is InChI=1S/C15H14ClN5OS/c1-9(13-20-18-8-21(13)2)19-14(22)12-7-17-15(23-12)10-5-3-4-6-11(10)16/h3-9H,1-2H3,(H,19,22)/t9-/m0/s1. The average molecular weight is 348 g/mol. The van der Waals surface area contributed by atoms with Gasteiger partial charge in [0.2, 0.25) is 0 Å². The first-order valence-corrected chi connectivity index (χ1v) is 8.11. The number of carbonyl (C=O) groups is 1. The van der Waals surface area contributed by atoms with Gasteiger partial charge in [-0.3, -0.25) is 4.79 Å². The molecule has 23 heavy (non-hydrogen) atoms. The minimum absolute atomic E-state index is 0.198. The van der Waals surface area contributed by atoms with Crippen LogP contribution in [-0.2, 0) is 7.05 Å². The summed E-state index contributed by atoms with van der Waals surface area (Å²) in [6.07, 6.45) is 3.16. The SMILES string of the molecule is C[C@H](NC(=O)c1cnc(-c2ccccc2Cl)s1)c1nncn1C. The number of aryl methyl sites for hydroxylation is 1. The topological polar surface area (TPSA) is 72.7 Å². The number of rotatable bonds is 4. The van der Waals surface area contributed by atoms with Crippen molar-refractivity contribution in [2.24, 2.45) is 7.05 Å². The Balaban J connectivity index is 1.77. The number of nitrogens with one attached hydrogen (secondary N) is 1. The molecule has 0 unspecified atom stereocenters. The number of thiazole rings is 1. The third kappa shape index (κ3) is 3.25. The van der Waals surface area contributed by atoms with E-state index < -0.39 is 0 Å². The molecule has 3 aromatic rings. The van der Waals surface area contributed by atoms with Crippen molar-refractivity contribution in [1.82, 2.24) is 25.1 Å². The third-order valence-corrected chi connectivity index (χ3v) is 4.67. The predicted octanol–water partition coefficient (Wildman–Crippen LogP) is 3.08. The molecule has 0 radical (unpaired) electrons. The van der Waals surface area contributed by atoms with Gasteiger partial charge in [0.25, 0.3) is 5.91 Å². The number of benzene rings is 1. The lowest BCUT2D eigenvalue weighted by molar-refractivity contribution is 0.0941. The van der Waals surface area contributed by atoms with E-state index in [0.29, 0.717) is 20.7 Å². The molecule has 1 atom stereocenters. The summed E-state index contributed by atoms with van der Waals surface area (Å²) in [4.78, 5) is 17.2. The minimum atomic E-state index is -0.249. The zero-order valence-electron chi connectivity index (χ0n) is 12.5. The Kier molecular flexibility index (Phi) is 4.40. The quantitative estimate of drug-likeness (QED) is 0.787. The summed E-state index contributed by atoms with van der Waals surface area (Å²) in [5, 5.41) is 12.0. The van der Waals surface area contributed by atoms with Crippen LogP contribution in [0.2, 0.25) is 5.02 Å². The van der Waals surface area contributed by atoms with Crippen molar-refractivity contribution in [3.05, 3.63) is 52.5 Å². The van der Waals surface area contributed by atoms with Gasteiger partial charge in [-0.2, -0.15) is 0 Å². The zero-order chi connectivity index (χ0) is 16.4. The summed E-state index contributed by atoms with van der Waals surface area (Å²) in [7, 11) is 1.83. The maximum atomic E-state index is 12.4. The molecule has 0 saturated carbocycles. The fraction of sp³-hybridized carbons (Fsp3) is 0.200. The molecule has 2 heterocycles. The summed E-state index contributed by atoms with van der Waals surface area (Å²) >= 11 is 7.47. The van der Waals surface area contributed by atoms with Crippen LogP contribution in [0, 0.1) is 0 Å². The molecular weight excluding hydrogens is 334 g/mol. The molecule has 0 aliphatic rings. The maximum absolute atomic E-state index is 12.4. The molecule has 1 aromatic carbocycles. The van der Waals surface area contributed by atoms with E-state index in [-0.39, 0.29) is 11.9 Å². The second-order valence-corrected chi connectivity index (χ2v) is 6.44. The average Bonchev–Trinajstić information content (AvgIpc) is 3.16. The minimum Gasteiger partial charge on any atom is -0.342 e. The van der Waals surface area contributed by atoms with Crippen molar-refractivity contribution < 1.29 is 4.79 Å². The van der Waals surface area contributed by atoms with E-state index in [1.165, 1.54) is 11.3 Å². The van der Waals surface area contributed by atoms with E-state index in [0.717, 1.165) is 5.56 Å². The highest BCUT2D eigenvalue weighted by molar-refractivity contribution is 7.17. The van der Waals surface area contributed by atoms with Crippen molar-refractivity contribution >= 4 is 28.8 Å². The van der Waals surface area contributed by atoms with Gasteiger partial charge in [-0.05, 0) is 13.0 Å². The monoisotopic (exact) mass is 347 g/mol. The van der Waals surface area contributed by atoms with E-state index in [9.17, 15) is 4.79 Å². The molecule has 1 amide bonds. The zero-order valence-corrected chi connectivity index (χ0v) is 14.1. The van der Waals surface area contributed by atoms with Crippen molar-refractivity contribution in [2.75, 3.05) is 0 Å². The van der Waals surface area contributed by atoms with Gasteiger partial charge in [-0.15, -0.1) is 21.5 Å². The van der Waals surface area contributed by atoms with Crippen molar-refractivity contribution in [1.29, 1.82) is 0 Å². The first-order chi connectivity index (χ1) is 11.1. The molecule has 1 N–H and O–H groups in total. The van der Waals surface area contributed by atoms with Gasteiger partial charge >= 0.3 is 0 Å². The van der Waals surface area contributed by atoms with Gasteiger partial charge in [0.05, 0.1) is 17.3 Å². The molecule has 0 saturated heterocycles. The highest BCUT2D eigenvalue weighted by Crippen LogP contribution is 2.31. The Hall–Kier alpha value is -2.25. The predicted molar refractivity (Wildman–Crippen MR) is 89.4 cm³/mol. The lowest BCUT2D eigenvalue weighted by Crippen LogP contribution is -2.27. The van der Waals surface area contributed by atoms with Crippen LogP contribution in [0.3, 0.4) is 0 Å². The lowest BCUT2D eigenvalue weighted by Gasteiger charge is -2.11. The van der Waals surface area contributed by atoms with Crippen molar-refractivity contribution in [3.8, 4) is 10.6 Å². The van der Waals surface area contributed by atoms with E-state index >= 15 is 0 Å². The summed E-state index contributed by atoms with van der Waals surface area (Å²) < 4.78 is 1.77. The fourth-order valence-electron chi connectivity index (χ4n) is 2.15. The largest absolute Gasteiger partial charge is 0.342 e. The molecule has 3 rings (SSSR count). The van der Waals surface area contributed by atoms with Gasteiger partial charge in [-0.25, -0.2) is 4.98 Å². The summed E-state index contributed by atoms with van der Waals surface area (Å²) in [5.74, 6) is 0.491. The van der Waals surface area contributed by atoms with Crippen molar-refractivity contribution in [2.45, 2.75) is 13.0 Å². The van der Waals surface area contributed by atoms with Crippen molar-refractivity contribution in [3.63, 3.8) is 0 Å². The molecule has 118 valence electrons. The number of hydrogen-bond donors (Lipinski definition) is 1. The van der Waals surface area contributed by atoms with Gasteiger partial charge in [0, 0.05) is 12.6 Å². The first kappa shape index (κ1) is 15.6. The van der Waals surface area contributed by atoms with Crippen LogP contribution in [0.4, 0.5) is 0 Å². The molecule has 0 spiro atoms. The normalized spacial score (nSPS) is 12.1. The smallest absolute Gasteiger partial charge is 0.263 e. The number of hydrogen-bond acceptors (Lipinski definition) is 5. The second kappa shape index (κ2) is 6.47. The second-order valence-electron chi connectivity index (χ2n) is 5.00. The van der Waals surface area contributed by atoms with Crippen LogP contribution in [-0.4, -0.2) is 25.7 Å². The molecule has 0 aliphatic carbocycles. The lowest BCUT2D eigenvalue weighted by atomic mass is 10.2. The number of aromatic nitrogens is 4. The van der Waals surface area contributed by atoms with E-state index in [4.69, 9.17) is 11.6 Å². The Labute approximate surface area is 142 Å². The summed E-state index contributed by atoms with van der Waals surface area (Å²) in [6, 6.07) is 7.17. The number of carbonyl (C=O) groups excluding carboxylic acids is 1. The Morgan fingerprint density at radius 2 is 2.17 bits per heavy atom. The molecule has 8 heteroatoms. The fourth-order valence-corrected chi connectivity index (χ4v) is 3.29. The summed E-state index contributed by atoms with van der Waals surface area (Å²) in [5.41, 5.74) is 0.819. The van der Waals surface area contributed by atoms with Gasteiger partial charge in [0.1, 0.15) is 16.2 Å². The van der Waals surface area contributed by atoms with Crippen LogP contribution in [0.1, 0.15) is 28.5 Å². The molecule has 0 fully saturated rings. The van der Waals surface area contributed by atoms with Crippen LogP contribution in [0.25, 0.3) is 10.6 Å². The highest BCUT2D eigenvalue weighted by atomic mass is 35.5. The summed E-state index contributed by atoms with van der Waals surface area (Å²) in [6.45, 7) is 1.86. The highest BCUT2D eigenvalue weighted by Gasteiger charge is 2.18. The Morgan fingerprint density at radius 1 is 1.39 bits per heavy atom. The van der Waals surface area contributed by atoms with Gasteiger partial charge < -0.3 is 9.88 Å². The van der Waals surface area contributed by atoms with E-state index in [1.54, 1.807) is 23.2 Å². The van der Waals surface area contributed by atoms with Crippen LogP contribution in [0.5, 0.6) is 0 Å². The first-order valence-electron chi connectivity index (χ1n) is 6.91. The Morgan fingerprint density at radius 3 is 2.87 bits per heavy atom.